The topological polar surface area (TPSA) is 62.9 Å². The van der Waals surface area contributed by atoms with Gasteiger partial charge in [0.25, 0.3) is 0 Å². The predicted octanol–water partition coefficient (Wildman–Crippen LogP) is 2.18. The number of imidazole rings is 1. The van der Waals surface area contributed by atoms with Crippen LogP contribution in [0.5, 0.6) is 5.75 Å². The molecule has 1 heterocycles. The summed E-state index contributed by atoms with van der Waals surface area (Å²) >= 11 is 0. The van der Waals surface area contributed by atoms with Crippen LogP contribution in [-0.2, 0) is 13.1 Å². The summed E-state index contributed by atoms with van der Waals surface area (Å²) in [7, 11) is 1.66. The van der Waals surface area contributed by atoms with Crippen LogP contribution in [0.1, 0.15) is 12.0 Å². The fourth-order valence-corrected chi connectivity index (χ4v) is 1.91. The molecule has 0 saturated heterocycles. The van der Waals surface area contributed by atoms with Crippen molar-refractivity contribution in [1.82, 2.24) is 15.3 Å². The molecule has 2 N–H and O–H groups in total. The van der Waals surface area contributed by atoms with Crippen molar-refractivity contribution in [1.29, 1.82) is 0 Å². The van der Waals surface area contributed by atoms with Crippen molar-refractivity contribution >= 4 is 5.69 Å². The fraction of sp³-hybridized carbons (Fsp3) is 0.357. The minimum atomic E-state index is 0.285. The summed E-state index contributed by atoms with van der Waals surface area (Å²) in [5, 5.41) is 3.36. The van der Waals surface area contributed by atoms with Gasteiger partial charge in [0.15, 0.2) is 0 Å². The Morgan fingerprint density at radius 2 is 2.32 bits per heavy atom. The van der Waals surface area contributed by atoms with Crippen LogP contribution >= 0.6 is 0 Å². The van der Waals surface area contributed by atoms with Crippen molar-refractivity contribution in [2.24, 2.45) is 0 Å². The van der Waals surface area contributed by atoms with Crippen LogP contribution in [0.15, 0.2) is 36.9 Å². The third-order valence-electron chi connectivity index (χ3n) is 2.94. The number of rotatable bonds is 7. The van der Waals surface area contributed by atoms with Gasteiger partial charge in [0.1, 0.15) is 5.75 Å². The molecule has 0 saturated carbocycles. The zero-order valence-electron chi connectivity index (χ0n) is 11.1. The van der Waals surface area contributed by atoms with E-state index < -0.39 is 0 Å². The van der Waals surface area contributed by atoms with Crippen molar-refractivity contribution in [3.05, 3.63) is 42.5 Å². The van der Waals surface area contributed by atoms with Crippen LogP contribution in [0.3, 0.4) is 0 Å². The van der Waals surface area contributed by atoms with Crippen LogP contribution in [0.4, 0.5) is 5.69 Å². The molecule has 0 spiro atoms. The standard InChI is InChI=1S/C14H19N4O/c1-19-14-4-3-12(10-15)9-13(14)17-5-2-7-18-8-6-16-11-18/h3-4,6,8-9,11,15,17H,2,5,7,10H2,1H3. The van der Waals surface area contributed by atoms with Gasteiger partial charge in [-0.3, -0.25) is 5.73 Å². The monoisotopic (exact) mass is 259 g/mol. The van der Waals surface area contributed by atoms with Crippen LogP contribution in [0.25, 0.3) is 0 Å². The van der Waals surface area contributed by atoms with E-state index in [1.54, 1.807) is 13.3 Å². The summed E-state index contributed by atoms with van der Waals surface area (Å²) < 4.78 is 7.36. The Labute approximate surface area is 113 Å². The second-order valence-electron chi connectivity index (χ2n) is 4.29. The number of benzene rings is 1. The zero-order chi connectivity index (χ0) is 13.5. The second kappa shape index (κ2) is 6.80. The highest BCUT2D eigenvalue weighted by atomic mass is 16.5. The van der Waals surface area contributed by atoms with Gasteiger partial charge in [0, 0.05) is 32.0 Å². The van der Waals surface area contributed by atoms with E-state index in [4.69, 9.17) is 10.5 Å². The van der Waals surface area contributed by atoms with E-state index in [-0.39, 0.29) is 6.54 Å². The Balaban J connectivity index is 1.87. The highest BCUT2D eigenvalue weighted by molar-refractivity contribution is 5.58. The third-order valence-corrected chi connectivity index (χ3v) is 2.94. The number of methoxy groups -OCH3 is 1. The lowest BCUT2D eigenvalue weighted by Gasteiger charge is -2.12. The highest BCUT2D eigenvalue weighted by Crippen LogP contribution is 2.25. The van der Waals surface area contributed by atoms with Gasteiger partial charge >= 0.3 is 0 Å². The maximum Gasteiger partial charge on any atom is 0.141 e. The van der Waals surface area contributed by atoms with Gasteiger partial charge in [-0.2, -0.15) is 0 Å². The minimum Gasteiger partial charge on any atom is -0.495 e. The van der Waals surface area contributed by atoms with Gasteiger partial charge in [0.05, 0.1) is 19.1 Å². The molecule has 101 valence electrons. The van der Waals surface area contributed by atoms with E-state index in [1.165, 1.54) is 0 Å². The van der Waals surface area contributed by atoms with Crippen molar-refractivity contribution in [2.75, 3.05) is 19.0 Å². The molecule has 1 aromatic heterocycles. The van der Waals surface area contributed by atoms with Gasteiger partial charge in [-0.25, -0.2) is 4.98 Å². The van der Waals surface area contributed by atoms with Gasteiger partial charge in [-0.15, -0.1) is 0 Å². The van der Waals surface area contributed by atoms with E-state index in [1.807, 2.05) is 30.7 Å². The second-order valence-corrected chi connectivity index (χ2v) is 4.29. The number of hydrogen-bond donors (Lipinski definition) is 1. The highest BCUT2D eigenvalue weighted by Gasteiger charge is 2.03. The van der Waals surface area contributed by atoms with Crippen LogP contribution in [0.2, 0.25) is 0 Å². The molecule has 0 amide bonds. The lowest BCUT2D eigenvalue weighted by Crippen LogP contribution is -2.07. The van der Waals surface area contributed by atoms with Crippen molar-refractivity contribution in [3.63, 3.8) is 0 Å². The molecular weight excluding hydrogens is 240 g/mol. The van der Waals surface area contributed by atoms with Crippen molar-refractivity contribution in [2.45, 2.75) is 19.5 Å². The summed E-state index contributed by atoms with van der Waals surface area (Å²) in [6, 6.07) is 5.80. The van der Waals surface area contributed by atoms with Crippen LogP contribution < -0.4 is 15.8 Å². The Bertz CT molecular complexity index is 496. The van der Waals surface area contributed by atoms with E-state index in [2.05, 4.69) is 14.9 Å². The molecule has 19 heavy (non-hydrogen) atoms. The molecule has 0 aliphatic heterocycles. The average molecular weight is 259 g/mol. The molecule has 0 fully saturated rings. The van der Waals surface area contributed by atoms with Crippen LogP contribution in [0, 0.1) is 0 Å². The maximum atomic E-state index is 7.40. The van der Waals surface area contributed by atoms with Gasteiger partial charge < -0.3 is 14.6 Å². The smallest absolute Gasteiger partial charge is 0.141 e. The first-order valence-corrected chi connectivity index (χ1v) is 6.34. The van der Waals surface area contributed by atoms with E-state index in [0.29, 0.717) is 0 Å². The average Bonchev–Trinajstić information content (AvgIpc) is 2.96. The molecular formula is C14H19N4O. The molecule has 2 aromatic rings. The largest absolute Gasteiger partial charge is 0.495 e. The Hall–Kier alpha value is -2.01. The third kappa shape index (κ3) is 3.72. The molecule has 2 rings (SSSR count). The normalized spacial score (nSPS) is 10.4. The van der Waals surface area contributed by atoms with Gasteiger partial charge in [0.2, 0.25) is 0 Å². The van der Waals surface area contributed by atoms with Crippen LogP contribution in [-0.4, -0.2) is 23.2 Å². The number of aromatic nitrogens is 2. The number of nitrogens with zero attached hydrogens (tertiary/aromatic N) is 2. The maximum absolute atomic E-state index is 7.40. The summed E-state index contributed by atoms with van der Waals surface area (Å²) in [4.78, 5) is 4.01. The SMILES string of the molecule is COc1ccc(C[NH])cc1NCCCn1ccnc1. The molecule has 5 heteroatoms. The number of nitrogens with one attached hydrogen (secondary N) is 2. The molecule has 5 nitrogen and oxygen atoms in total. The van der Waals surface area contributed by atoms with Gasteiger partial charge in [-0.1, -0.05) is 6.07 Å². The van der Waals surface area contributed by atoms with Crippen molar-refractivity contribution in [3.8, 4) is 5.75 Å². The summed E-state index contributed by atoms with van der Waals surface area (Å²) in [5.41, 5.74) is 9.34. The summed E-state index contributed by atoms with van der Waals surface area (Å²) in [6.07, 6.45) is 6.57. The number of aryl methyl sites for hydroxylation is 1. The van der Waals surface area contributed by atoms with E-state index in [9.17, 15) is 0 Å². The fourth-order valence-electron chi connectivity index (χ4n) is 1.91. The van der Waals surface area contributed by atoms with Crippen molar-refractivity contribution < 1.29 is 4.74 Å². The predicted molar refractivity (Wildman–Crippen MR) is 75.1 cm³/mol. The number of ether oxygens (including phenoxy) is 1. The Morgan fingerprint density at radius 1 is 1.42 bits per heavy atom. The molecule has 0 bridgehead atoms. The molecule has 0 atom stereocenters. The lowest BCUT2D eigenvalue weighted by molar-refractivity contribution is 0.416. The first-order chi connectivity index (χ1) is 9.33. The lowest BCUT2D eigenvalue weighted by atomic mass is 10.2. The Kier molecular flexibility index (Phi) is 4.80. The number of hydrogen-bond acceptors (Lipinski definition) is 3. The number of anilines is 1. The molecule has 1 aromatic carbocycles. The quantitative estimate of drug-likeness (QED) is 0.775. The summed E-state index contributed by atoms with van der Waals surface area (Å²) in [5.74, 6) is 0.819. The molecule has 1 radical (unpaired) electrons. The van der Waals surface area contributed by atoms with E-state index in [0.717, 1.165) is 36.5 Å². The van der Waals surface area contributed by atoms with Gasteiger partial charge in [-0.05, 0) is 24.1 Å². The molecule has 0 unspecified atom stereocenters. The van der Waals surface area contributed by atoms with E-state index >= 15 is 0 Å². The minimum absolute atomic E-state index is 0.285. The summed E-state index contributed by atoms with van der Waals surface area (Å²) in [6.45, 7) is 2.08. The molecule has 0 aliphatic rings. The zero-order valence-corrected chi connectivity index (χ0v) is 11.1. The first kappa shape index (κ1) is 13.4. The molecule has 0 aliphatic carbocycles. The Morgan fingerprint density at radius 3 is 3.00 bits per heavy atom. The first-order valence-electron chi connectivity index (χ1n) is 6.34.